The van der Waals surface area contributed by atoms with Gasteiger partial charge in [0.1, 0.15) is 19.6 Å². The van der Waals surface area contributed by atoms with Crippen molar-refractivity contribution in [2.45, 2.75) is 20.0 Å². The van der Waals surface area contributed by atoms with E-state index < -0.39 is 0 Å². The summed E-state index contributed by atoms with van der Waals surface area (Å²) in [7, 11) is 0. The maximum absolute atomic E-state index is 9.42. The van der Waals surface area contributed by atoms with Crippen LogP contribution in [0.5, 0.6) is 0 Å². The molecule has 3 rings (SSSR count). The third-order valence-corrected chi connectivity index (χ3v) is 4.26. The summed E-state index contributed by atoms with van der Waals surface area (Å²) >= 11 is 0. The number of aromatic amines is 1. The number of aliphatic hydroxyl groups is 1. The van der Waals surface area contributed by atoms with Gasteiger partial charge in [-0.25, -0.2) is 0 Å². The molecule has 0 aliphatic rings. The predicted octanol–water partition coefficient (Wildman–Crippen LogP) is 1.96. The Bertz CT molecular complexity index is 750. The van der Waals surface area contributed by atoms with Crippen molar-refractivity contribution in [2.24, 2.45) is 0 Å². The van der Waals surface area contributed by atoms with E-state index in [1.54, 1.807) is 0 Å². The van der Waals surface area contributed by atoms with Crippen molar-refractivity contribution in [3.05, 3.63) is 77.5 Å². The number of aryl methyl sites for hydroxylation is 1. The van der Waals surface area contributed by atoms with E-state index >= 15 is 0 Å². The molecular weight excluding hydrogens is 298 g/mol. The lowest BCUT2D eigenvalue weighted by atomic mass is 10.1. The fraction of sp³-hybridized carbons (Fsp3) is 0.250. The fourth-order valence-electron chi connectivity index (χ4n) is 2.97. The van der Waals surface area contributed by atoms with Gasteiger partial charge in [0.15, 0.2) is 0 Å². The van der Waals surface area contributed by atoms with E-state index in [1.807, 2.05) is 12.3 Å². The molecule has 1 heterocycles. The van der Waals surface area contributed by atoms with E-state index in [0.29, 0.717) is 6.54 Å². The lowest BCUT2D eigenvalue weighted by Crippen LogP contribution is -3.09. The minimum absolute atomic E-state index is 0.180. The van der Waals surface area contributed by atoms with Crippen LogP contribution in [0.15, 0.2) is 60.8 Å². The zero-order valence-electron chi connectivity index (χ0n) is 14.0. The van der Waals surface area contributed by atoms with Crippen molar-refractivity contribution in [3.8, 4) is 11.3 Å². The largest absolute Gasteiger partial charge is 0.391 e. The van der Waals surface area contributed by atoms with Crippen molar-refractivity contribution in [1.29, 1.82) is 0 Å². The molecule has 0 spiro atoms. The van der Waals surface area contributed by atoms with Gasteiger partial charge in [-0.05, 0) is 6.92 Å². The first kappa shape index (κ1) is 16.4. The van der Waals surface area contributed by atoms with Gasteiger partial charge in [-0.2, -0.15) is 5.10 Å². The number of nitrogens with one attached hydrogen (secondary N) is 2. The van der Waals surface area contributed by atoms with Gasteiger partial charge in [0.05, 0.1) is 24.1 Å². The Kier molecular flexibility index (Phi) is 5.41. The molecule has 0 saturated heterocycles. The Balaban J connectivity index is 1.78. The smallest absolute Gasteiger partial charge is 0.107 e. The van der Waals surface area contributed by atoms with Crippen LogP contribution < -0.4 is 4.90 Å². The molecule has 0 fully saturated rings. The molecule has 0 bridgehead atoms. The Morgan fingerprint density at radius 3 is 2.46 bits per heavy atom. The highest BCUT2D eigenvalue weighted by atomic mass is 16.3. The number of rotatable bonds is 7. The summed E-state index contributed by atoms with van der Waals surface area (Å²) in [6, 6.07) is 18.9. The lowest BCUT2D eigenvalue weighted by Gasteiger charge is -2.18. The molecule has 124 valence electrons. The highest BCUT2D eigenvalue weighted by Crippen LogP contribution is 2.20. The van der Waals surface area contributed by atoms with Crippen LogP contribution in [0, 0.1) is 6.92 Å². The second-order valence-electron chi connectivity index (χ2n) is 6.20. The second-order valence-corrected chi connectivity index (χ2v) is 6.20. The van der Waals surface area contributed by atoms with Crippen LogP contribution in [0.1, 0.15) is 16.7 Å². The number of quaternary nitrogens is 1. The van der Waals surface area contributed by atoms with Crippen molar-refractivity contribution < 1.29 is 10.0 Å². The van der Waals surface area contributed by atoms with Crippen LogP contribution in [0.25, 0.3) is 11.3 Å². The third kappa shape index (κ3) is 4.10. The van der Waals surface area contributed by atoms with Gasteiger partial charge in [0.2, 0.25) is 0 Å². The molecule has 1 atom stereocenters. The molecule has 4 heteroatoms. The average Bonchev–Trinajstić information content (AvgIpc) is 3.05. The molecule has 0 aliphatic heterocycles. The van der Waals surface area contributed by atoms with E-state index in [9.17, 15) is 5.11 Å². The Morgan fingerprint density at radius 2 is 1.75 bits per heavy atom. The third-order valence-electron chi connectivity index (χ3n) is 4.26. The predicted molar refractivity (Wildman–Crippen MR) is 95.5 cm³/mol. The minimum Gasteiger partial charge on any atom is -0.391 e. The highest BCUT2D eigenvalue weighted by molar-refractivity contribution is 5.62. The Labute approximate surface area is 142 Å². The SMILES string of the molecule is Cc1ccc(-c2[nH]ncc2C[NH+](CCO)Cc2ccccc2)cc1. The van der Waals surface area contributed by atoms with E-state index in [4.69, 9.17) is 0 Å². The quantitative estimate of drug-likeness (QED) is 0.623. The number of H-pyrrole nitrogens is 1. The maximum atomic E-state index is 9.42. The number of hydrogen-bond acceptors (Lipinski definition) is 2. The normalized spacial score (nSPS) is 12.2. The molecule has 1 unspecified atom stereocenters. The fourth-order valence-corrected chi connectivity index (χ4v) is 2.97. The molecule has 0 radical (unpaired) electrons. The summed E-state index contributed by atoms with van der Waals surface area (Å²) in [5.41, 5.74) is 5.92. The van der Waals surface area contributed by atoms with Gasteiger partial charge in [0, 0.05) is 11.1 Å². The molecule has 0 aliphatic carbocycles. The lowest BCUT2D eigenvalue weighted by molar-refractivity contribution is -0.927. The minimum atomic E-state index is 0.180. The number of benzene rings is 2. The van der Waals surface area contributed by atoms with E-state index in [1.165, 1.54) is 21.6 Å². The number of aliphatic hydroxyl groups excluding tert-OH is 1. The first-order chi connectivity index (χ1) is 11.8. The van der Waals surface area contributed by atoms with Crippen molar-refractivity contribution in [1.82, 2.24) is 10.2 Å². The summed E-state index contributed by atoms with van der Waals surface area (Å²) in [6.07, 6.45) is 1.90. The standard InChI is InChI=1S/C20H23N3O/c1-16-7-9-18(10-8-16)20-19(13-21-22-20)15-23(11-12-24)14-17-5-3-2-4-6-17/h2-10,13,24H,11-12,14-15H2,1H3,(H,21,22)/p+1. The van der Waals surface area contributed by atoms with Crippen molar-refractivity contribution in [3.63, 3.8) is 0 Å². The molecule has 0 saturated carbocycles. The number of hydrogen-bond donors (Lipinski definition) is 3. The second kappa shape index (κ2) is 7.90. The van der Waals surface area contributed by atoms with Gasteiger partial charge in [-0.1, -0.05) is 60.2 Å². The summed E-state index contributed by atoms with van der Waals surface area (Å²) in [6.45, 7) is 4.70. The molecule has 1 aromatic heterocycles. The van der Waals surface area contributed by atoms with Crippen molar-refractivity contribution >= 4 is 0 Å². The van der Waals surface area contributed by atoms with Crippen LogP contribution >= 0.6 is 0 Å². The molecule has 3 aromatic rings. The molecule has 2 aromatic carbocycles. The van der Waals surface area contributed by atoms with Gasteiger partial charge in [-0.3, -0.25) is 5.10 Å². The zero-order chi connectivity index (χ0) is 16.8. The first-order valence-electron chi connectivity index (χ1n) is 8.34. The molecule has 4 nitrogen and oxygen atoms in total. The van der Waals surface area contributed by atoms with Crippen molar-refractivity contribution in [2.75, 3.05) is 13.2 Å². The maximum Gasteiger partial charge on any atom is 0.107 e. The van der Waals surface area contributed by atoms with E-state index in [-0.39, 0.29) is 6.61 Å². The average molecular weight is 322 g/mol. The van der Waals surface area contributed by atoms with Crippen LogP contribution in [-0.2, 0) is 13.1 Å². The van der Waals surface area contributed by atoms with E-state index in [2.05, 4.69) is 65.7 Å². The highest BCUT2D eigenvalue weighted by Gasteiger charge is 2.15. The number of nitrogens with zero attached hydrogens (tertiary/aromatic N) is 1. The summed E-state index contributed by atoms with van der Waals surface area (Å²) in [5, 5.41) is 16.8. The van der Waals surface area contributed by atoms with E-state index in [0.717, 1.165) is 24.3 Å². The zero-order valence-corrected chi connectivity index (χ0v) is 14.0. The van der Waals surface area contributed by atoms with Gasteiger partial charge >= 0.3 is 0 Å². The molecule has 3 N–H and O–H groups in total. The Morgan fingerprint density at radius 1 is 1.00 bits per heavy atom. The summed E-state index contributed by atoms with van der Waals surface area (Å²) in [4.78, 5) is 1.32. The summed E-state index contributed by atoms with van der Waals surface area (Å²) < 4.78 is 0. The van der Waals surface area contributed by atoms with Crippen LogP contribution in [0.3, 0.4) is 0 Å². The monoisotopic (exact) mass is 322 g/mol. The van der Waals surface area contributed by atoms with Gasteiger partial charge in [-0.15, -0.1) is 0 Å². The van der Waals surface area contributed by atoms with Gasteiger partial charge in [0.25, 0.3) is 0 Å². The van der Waals surface area contributed by atoms with Crippen LogP contribution in [0.4, 0.5) is 0 Å². The van der Waals surface area contributed by atoms with Gasteiger partial charge < -0.3 is 10.0 Å². The van der Waals surface area contributed by atoms with Crippen LogP contribution in [-0.4, -0.2) is 28.5 Å². The topological polar surface area (TPSA) is 53.3 Å². The number of aromatic nitrogens is 2. The molecule has 24 heavy (non-hydrogen) atoms. The molecular formula is C20H24N3O+. The molecule has 0 amide bonds. The Hall–Kier alpha value is -2.43. The van der Waals surface area contributed by atoms with Crippen LogP contribution in [0.2, 0.25) is 0 Å². The first-order valence-corrected chi connectivity index (χ1v) is 8.34. The summed E-state index contributed by atoms with van der Waals surface area (Å²) in [5.74, 6) is 0.